The smallest absolute Gasteiger partial charge is 0.329 e. The summed E-state index contributed by atoms with van der Waals surface area (Å²) in [5.74, 6) is -1.08. The van der Waals surface area contributed by atoms with Crippen molar-refractivity contribution >= 4 is 18.0 Å². The van der Waals surface area contributed by atoms with Crippen LogP contribution in [0, 0.1) is 0 Å². The van der Waals surface area contributed by atoms with Crippen LogP contribution in [0.4, 0.5) is 0 Å². The molecule has 0 unspecified atom stereocenters. The minimum atomic E-state index is -0.850. The third kappa shape index (κ3) is 4.05. The summed E-state index contributed by atoms with van der Waals surface area (Å²) >= 11 is 0. The molecule has 0 aliphatic carbocycles. The molecular weight excluding hydrogens is 260 g/mol. The van der Waals surface area contributed by atoms with Gasteiger partial charge in [0.25, 0.3) is 0 Å². The number of furan rings is 1. The van der Waals surface area contributed by atoms with Crippen LogP contribution < -0.4 is 10.7 Å². The third-order valence-electron chi connectivity index (χ3n) is 2.27. The van der Waals surface area contributed by atoms with Gasteiger partial charge in [0.1, 0.15) is 5.76 Å². The number of carbonyl (C=O) groups excluding carboxylic acids is 2. The summed E-state index contributed by atoms with van der Waals surface area (Å²) in [5, 5.41) is 6.06. The van der Waals surface area contributed by atoms with Gasteiger partial charge in [0, 0.05) is 18.0 Å². The summed E-state index contributed by atoms with van der Waals surface area (Å²) in [6.45, 7) is 0.144. The van der Waals surface area contributed by atoms with Crippen molar-refractivity contribution in [3.63, 3.8) is 0 Å². The van der Waals surface area contributed by atoms with E-state index >= 15 is 0 Å². The van der Waals surface area contributed by atoms with E-state index < -0.39 is 11.8 Å². The van der Waals surface area contributed by atoms with Crippen molar-refractivity contribution < 1.29 is 14.0 Å². The summed E-state index contributed by atoms with van der Waals surface area (Å²) in [5.41, 5.74) is 2.83. The Morgan fingerprint density at radius 2 is 2.20 bits per heavy atom. The fourth-order valence-electron chi connectivity index (χ4n) is 1.33. The van der Waals surface area contributed by atoms with Gasteiger partial charge in [-0.25, -0.2) is 5.43 Å². The number of amides is 2. The van der Waals surface area contributed by atoms with Crippen molar-refractivity contribution in [2.24, 2.45) is 5.10 Å². The van der Waals surface area contributed by atoms with Gasteiger partial charge in [-0.3, -0.25) is 14.6 Å². The first-order chi connectivity index (χ1) is 9.75. The van der Waals surface area contributed by atoms with Crippen LogP contribution in [0.1, 0.15) is 11.3 Å². The Balaban J connectivity index is 1.76. The van der Waals surface area contributed by atoms with Crippen LogP contribution in [-0.2, 0) is 16.1 Å². The van der Waals surface area contributed by atoms with E-state index in [0.717, 1.165) is 0 Å². The summed E-state index contributed by atoms with van der Waals surface area (Å²) in [7, 11) is 0. The molecule has 0 saturated heterocycles. The van der Waals surface area contributed by atoms with Gasteiger partial charge in [-0.15, -0.1) is 0 Å². The molecule has 0 fully saturated rings. The molecule has 0 atom stereocenters. The van der Waals surface area contributed by atoms with E-state index in [0.29, 0.717) is 11.3 Å². The van der Waals surface area contributed by atoms with Gasteiger partial charge in [0.2, 0.25) is 0 Å². The lowest BCUT2D eigenvalue weighted by Crippen LogP contribution is -2.37. The summed E-state index contributed by atoms with van der Waals surface area (Å²) in [6.07, 6.45) is 6.08. The maximum atomic E-state index is 11.4. The molecule has 0 aliphatic rings. The first-order valence-electron chi connectivity index (χ1n) is 5.79. The Hall–Kier alpha value is -2.96. The number of aromatic nitrogens is 1. The number of nitrogens with zero attached hydrogens (tertiary/aromatic N) is 2. The standard InChI is InChI=1S/C13H12N4O3/c18-12(15-9-11-4-2-6-20-11)13(19)17-16-8-10-3-1-5-14-7-10/h1-8H,9H2,(H,15,18)(H,17,19)/b16-8+. The molecule has 20 heavy (non-hydrogen) atoms. The Bertz CT molecular complexity index is 593. The maximum absolute atomic E-state index is 11.4. The molecule has 2 aromatic rings. The number of pyridine rings is 1. The van der Waals surface area contributed by atoms with Crippen LogP contribution in [0.3, 0.4) is 0 Å². The maximum Gasteiger partial charge on any atom is 0.329 e. The molecular formula is C13H12N4O3. The first-order valence-corrected chi connectivity index (χ1v) is 5.79. The molecule has 102 valence electrons. The number of hydrazone groups is 1. The van der Waals surface area contributed by atoms with Crippen LogP contribution >= 0.6 is 0 Å². The van der Waals surface area contributed by atoms with Crippen LogP contribution in [0.25, 0.3) is 0 Å². The predicted molar refractivity (Wildman–Crippen MR) is 70.5 cm³/mol. The Morgan fingerprint density at radius 3 is 2.90 bits per heavy atom. The molecule has 0 bridgehead atoms. The molecule has 0 saturated carbocycles. The zero-order valence-corrected chi connectivity index (χ0v) is 10.4. The average Bonchev–Trinajstić information content (AvgIpc) is 2.99. The number of carbonyl (C=O) groups is 2. The van der Waals surface area contributed by atoms with Crippen molar-refractivity contribution in [3.05, 3.63) is 54.2 Å². The molecule has 7 heteroatoms. The molecule has 0 aromatic carbocycles. The van der Waals surface area contributed by atoms with Crippen molar-refractivity contribution in [1.29, 1.82) is 0 Å². The van der Waals surface area contributed by atoms with Gasteiger partial charge in [-0.1, -0.05) is 6.07 Å². The molecule has 7 nitrogen and oxygen atoms in total. The second-order valence-electron chi connectivity index (χ2n) is 3.75. The van der Waals surface area contributed by atoms with Crippen molar-refractivity contribution in [3.8, 4) is 0 Å². The van der Waals surface area contributed by atoms with Crippen molar-refractivity contribution in [2.75, 3.05) is 0 Å². The summed E-state index contributed by atoms with van der Waals surface area (Å²) in [6, 6.07) is 6.89. The Kier molecular flexibility index (Phi) is 4.60. The molecule has 0 aliphatic heterocycles. The number of hydrogen-bond acceptors (Lipinski definition) is 5. The second-order valence-corrected chi connectivity index (χ2v) is 3.75. The predicted octanol–water partition coefficient (Wildman–Crippen LogP) is 0.441. The third-order valence-corrected chi connectivity index (χ3v) is 2.27. The lowest BCUT2D eigenvalue weighted by atomic mass is 10.3. The molecule has 2 amide bonds. The number of hydrogen-bond donors (Lipinski definition) is 2. The van der Waals surface area contributed by atoms with Crippen LogP contribution in [-0.4, -0.2) is 23.0 Å². The van der Waals surface area contributed by atoms with E-state index in [9.17, 15) is 9.59 Å². The molecule has 0 spiro atoms. The van der Waals surface area contributed by atoms with E-state index in [1.54, 1.807) is 36.7 Å². The van der Waals surface area contributed by atoms with E-state index in [1.165, 1.54) is 12.5 Å². The largest absolute Gasteiger partial charge is 0.467 e. The van der Waals surface area contributed by atoms with Gasteiger partial charge in [-0.05, 0) is 18.2 Å². The normalized spacial score (nSPS) is 10.4. The lowest BCUT2D eigenvalue weighted by Gasteiger charge is -2.01. The highest BCUT2D eigenvalue weighted by atomic mass is 16.3. The van der Waals surface area contributed by atoms with E-state index in [2.05, 4.69) is 20.8 Å². The summed E-state index contributed by atoms with van der Waals surface area (Å²) in [4.78, 5) is 26.7. The number of nitrogens with one attached hydrogen (secondary N) is 2. The quantitative estimate of drug-likeness (QED) is 0.479. The highest BCUT2D eigenvalue weighted by Gasteiger charge is 2.12. The van der Waals surface area contributed by atoms with E-state index in [4.69, 9.17) is 4.42 Å². The topological polar surface area (TPSA) is 96.6 Å². The average molecular weight is 272 g/mol. The highest BCUT2D eigenvalue weighted by molar-refractivity contribution is 6.35. The zero-order chi connectivity index (χ0) is 14.2. The Labute approximate surface area is 114 Å². The van der Waals surface area contributed by atoms with E-state index in [-0.39, 0.29) is 6.54 Å². The zero-order valence-electron chi connectivity index (χ0n) is 10.4. The monoisotopic (exact) mass is 272 g/mol. The molecule has 0 radical (unpaired) electrons. The van der Waals surface area contributed by atoms with Crippen LogP contribution in [0.2, 0.25) is 0 Å². The molecule has 2 N–H and O–H groups in total. The number of rotatable bonds is 4. The fourth-order valence-corrected chi connectivity index (χ4v) is 1.33. The SMILES string of the molecule is O=C(NCc1ccco1)C(=O)N/N=C/c1cccnc1. The second kappa shape index (κ2) is 6.83. The minimum Gasteiger partial charge on any atom is -0.467 e. The Morgan fingerprint density at radius 1 is 1.30 bits per heavy atom. The van der Waals surface area contributed by atoms with Gasteiger partial charge >= 0.3 is 11.8 Å². The fraction of sp³-hybridized carbons (Fsp3) is 0.0769. The molecule has 2 heterocycles. The summed E-state index contributed by atoms with van der Waals surface area (Å²) < 4.78 is 5.02. The first kappa shape index (κ1) is 13.5. The van der Waals surface area contributed by atoms with E-state index in [1.807, 2.05) is 0 Å². The molecule has 2 rings (SSSR count). The van der Waals surface area contributed by atoms with Gasteiger partial charge < -0.3 is 9.73 Å². The molecule has 2 aromatic heterocycles. The van der Waals surface area contributed by atoms with Gasteiger partial charge in [-0.2, -0.15) is 5.10 Å². The lowest BCUT2D eigenvalue weighted by molar-refractivity contribution is -0.139. The van der Waals surface area contributed by atoms with Gasteiger partial charge in [0.15, 0.2) is 0 Å². The van der Waals surface area contributed by atoms with Gasteiger partial charge in [0.05, 0.1) is 19.0 Å². The van der Waals surface area contributed by atoms with Crippen LogP contribution in [0.5, 0.6) is 0 Å². The van der Waals surface area contributed by atoms with Crippen molar-refractivity contribution in [2.45, 2.75) is 6.54 Å². The van der Waals surface area contributed by atoms with Crippen LogP contribution in [0.15, 0.2) is 52.4 Å². The van der Waals surface area contributed by atoms with Crippen molar-refractivity contribution in [1.82, 2.24) is 15.7 Å². The minimum absolute atomic E-state index is 0.144. The highest BCUT2D eigenvalue weighted by Crippen LogP contribution is 1.98.